The highest BCUT2D eigenvalue weighted by Crippen LogP contribution is 2.33. The summed E-state index contributed by atoms with van der Waals surface area (Å²) in [5.41, 5.74) is 9.41. The lowest BCUT2D eigenvalue weighted by Crippen LogP contribution is -2.48. The van der Waals surface area contributed by atoms with Gasteiger partial charge in [0.15, 0.2) is 5.58 Å². The van der Waals surface area contributed by atoms with E-state index in [4.69, 9.17) is 27.6 Å². The molecule has 4 N–H and O–H groups in total. The lowest BCUT2D eigenvalue weighted by Gasteiger charge is -2.40. The number of hydrazine groups is 1. The van der Waals surface area contributed by atoms with Crippen molar-refractivity contribution >= 4 is 40.5 Å². The Balaban J connectivity index is 1.17. The molecule has 1 saturated heterocycles. The van der Waals surface area contributed by atoms with Crippen LogP contribution in [-0.4, -0.2) is 58.0 Å². The molecule has 5 rings (SSSR count). The Morgan fingerprint density at radius 2 is 1.80 bits per heavy atom. The smallest absolute Gasteiger partial charge is 0.300 e. The molecule has 0 radical (unpaired) electrons. The van der Waals surface area contributed by atoms with Crippen molar-refractivity contribution in [3.05, 3.63) is 58.9 Å². The van der Waals surface area contributed by atoms with Crippen molar-refractivity contribution in [3.8, 4) is 0 Å². The van der Waals surface area contributed by atoms with Crippen LogP contribution in [0.25, 0.3) is 16.9 Å². The normalized spacial score (nSPS) is 20.7. The molecule has 10 heteroatoms. The number of amides is 1. The minimum Gasteiger partial charge on any atom is -0.422 e. The van der Waals surface area contributed by atoms with E-state index in [1.165, 1.54) is 6.42 Å². The number of piperazine rings is 1. The lowest BCUT2D eigenvalue weighted by atomic mass is 9.78. The van der Waals surface area contributed by atoms with Crippen LogP contribution >= 0.6 is 11.6 Å². The molecule has 0 bridgehead atoms. The van der Waals surface area contributed by atoms with Crippen LogP contribution in [0.15, 0.2) is 47.0 Å². The summed E-state index contributed by atoms with van der Waals surface area (Å²) in [7, 11) is 0. The first-order chi connectivity index (χ1) is 16.9. The van der Waals surface area contributed by atoms with E-state index in [2.05, 4.69) is 16.9 Å². The van der Waals surface area contributed by atoms with E-state index in [9.17, 15) is 4.79 Å². The number of fused-ring (bicyclic) bond motifs is 1. The number of carbonyl (C=O) groups is 1. The van der Waals surface area contributed by atoms with E-state index in [1.807, 2.05) is 34.1 Å². The van der Waals surface area contributed by atoms with Crippen molar-refractivity contribution in [1.29, 1.82) is 0 Å². The van der Waals surface area contributed by atoms with Gasteiger partial charge in [-0.2, -0.15) is 4.98 Å². The summed E-state index contributed by atoms with van der Waals surface area (Å²) >= 11 is 5.94. The molecule has 1 aliphatic carbocycles. The predicted octanol–water partition coefficient (Wildman–Crippen LogP) is 3.46. The molecule has 2 aliphatic rings. The van der Waals surface area contributed by atoms with E-state index in [0.717, 1.165) is 24.3 Å². The number of hydrogen-bond acceptors (Lipinski definition) is 8. The summed E-state index contributed by atoms with van der Waals surface area (Å²) in [4.78, 5) is 25.5. The van der Waals surface area contributed by atoms with Crippen molar-refractivity contribution in [3.63, 3.8) is 0 Å². The molecule has 1 aromatic carbocycles. The van der Waals surface area contributed by atoms with Gasteiger partial charge >= 0.3 is 0 Å². The molecule has 3 heterocycles. The first-order valence-corrected chi connectivity index (χ1v) is 12.4. The second-order valence-electron chi connectivity index (χ2n) is 9.24. The summed E-state index contributed by atoms with van der Waals surface area (Å²) in [6.45, 7) is 4.58. The Morgan fingerprint density at radius 1 is 1.11 bits per heavy atom. The molecule has 0 atom stereocenters. The molecule has 0 unspecified atom stereocenters. The maximum atomic E-state index is 13.0. The van der Waals surface area contributed by atoms with Gasteiger partial charge in [0.25, 0.3) is 11.9 Å². The van der Waals surface area contributed by atoms with E-state index in [-0.39, 0.29) is 5.91 Å². The quantitative estimate of drug-likeness (QED) is 0.303. The first kappa shape index (κ1) is 23.4. The van der Waals surface area contributed by atoms with E-state index >= 15 is 0 Å². The monoisotopic (exact) mass is 495 g/mol. The van der Waals surface area contributed by atoms with Gasteiger partial charge in [-0.15, -0.1) is 0 Å². The molecule has 184 valence electrons. The fourth-order valence-corrected chi connectivity index (χ4v) is 4.77. The standard InChI is InChI=1S/C25H30ClN7O2/c1-2-16-13-19(14-16)33(28)15-20(27)17-3-5-18(6-4-17)24(34)31-9-11-32(12-10-31)25-30-23-21(35-25)7-8-22(26)29-23/h3-8,15-16,19H,2,9-14,27-28H2,1H3/b20-15-. The Bertz CT molecular complexity index is 1230. The van der Waals surface area contributed by atoms with E-state index < -0.39 is 0 Å². The van der Waals surface area contributed by atoms with Crippen molar-refractivity contribution in [2.45, 2.75) is 32.2 Å². The molecule has 1 aliphatic heterocycles. The number of nitrogens with zero attached hydrogens (tertiary/aromatic N) is 5. The van der Waals surface area contributed by atoms with Crippen LogP contribution in [0.3, 0.4) is 0 Å². The second kappa shape index (κ2) is 9.75. The molecule has 1 amide bonds. The number of nitrogens with two attached hydrogens (primary N) is 2. The number of pyridine rings is 1. The van der Waals surface area contributed by atoms with Crippen molar-refractivity contribution in [2.24, 2.45) is 17.5 Å². The third-order valence-electron chi connectivity index (χ3n) is 7.01. The summed E-state index contributed by atoms with van der Waals surface area (Å²) in [6.07, 6.45) is 5.20. The Labute approximate surface area is 209 Å². The summed E-state index contributed by atoms with van der Waals surface area (Å²) in [5.74, 6) is 6.94. The van der Waals surface area contributed by atoms with Crippen LogP contribution in [0.5, 0.6) is 0 Å². The molecule has 9 nitrogen and oxygen atoms in total. The number of aromatic nitrogens is 2. The van der Waals surface area contributed by atoms with Crippen LogP contribution in [0.1, 0.15) is 42.1 Å². The van der Waals surface area contributed by atoms with Crippen molar-refractivity contribution in [1.82, 2.24) is 19.9 Å². The highest BCUT2D eigenvalue weighted by molar-refractivity contribution is 6.29. The molecule has 1 saturated carbocycles. The molecular formula is C25H30ClN7O2. The zero-order valence-electron chi connectivity index (χ0n) is 19.7. The van der Waals surface area contributed by atoms with Gasteiger partial charge in [-0.3, -0.25) is 4.79 Å². The predicted molar refractivity (Wildman–Crippen MR) is 136 cm³/mol. The molecule has 35 heavy (non-hydrogen) atoms. The lowest BCUT2D eigenvalue weighted by molar-refractivity contribution is 0.0745. The van der Waals surface area contributed by atoms with Gasteiger partial charge in [-0.1, -0.05) is 37.1 Å². The fourth-order valence-electron chi connectivity index (χ4n) is 4.63. The van der Waals surface area contributed by atoms with Crippen molar-refractivity contribution < 1.29 is 9.21 Å². The molecule has 2 aromatic heterocycles. The van der Waals surface area contributed by atoms with Crippen LogP contribution in [0.4, 0.5) is 6.01 Å². The second-order valence-corrected chi connectivity index (χ2v) is 9.63. The summed E-state index contributed by atoms with van der Waals surface area (Å²) in [5, 5.41) is 2.10. The van der Waals surface area contributed by atoms with Crippen LogP contribution < -0.4 is 16.5 Å². The number of rotatable bonds is 6. The van der Waals surface area contributed by atoms with Gasteiger partial charge < -0.3 is 25.0 Å². The van der Waals surface area contributed by atoms with E-state index in [0.29, 0.717) is 65.9 Å². The fraction of sp³-hybridized carbons (Fsp3) is 0.400. The SMILES string of the molecule is CCC1CC(N(N)/C=C(\N)c2ccc(C(=O)N3CCN(c4nc5nc(Cl)ccc5o4)CC3)cc2)C1. The maximum absolute atomic E-state index is 13.0. The van der Waals surface area contributed by atoms with Crippen LogP contribution in [-0.2, 0) is 0 Å². The van der Waals surface area contributed by atoms with Gasteiger partial charge in [0.2, 0.25) is 5.65 Å². The molecule has 2 fully saturated rings. The minimum atomic E-state index is -0.00899. The minimum absolute atomic E-state index is 0.00899. The Hall–Kier alpha value is -3.30. The number of hydrogen-bond donors (Lipinski definition) is 2. The van der Waals surface area contributed by atoms with Gasteiger partial charge in [-0.25, -0.2) is 10.8 Å². The zero-order valence-corrected chi connectivity index (χ0v) is 20.5. The van der Waals surface area contributed by atoms with Crippen LogP contribution in [0.2, 0.25) is 5.15 Å². The largest absolute Gasteiger partial charge is 0.422 e. The topological polar surface area (TPSA) is 118 Å². The van der Waals surface area contributed by atoms with Gasteiger partial charge in [-0.05, 0) is 48.6 Å². The average Bonchev–Trinajstić information content (AvgIpc) is 3.26. The summed E-state index contributed by atoms with van der Waals surface area (Å²) < 4.78 is 5.80. The first-order valence-electron chi connectivity index (χ1n) is 12.0. The highest BCUT2D eigenvalue weighted by atomic mass is 35.5. The molecule has 3 aromatic rings. The van der Waals surface area contributed by atoms with Gasteiger partial charge in [0.1, 0.15) is 5.15 Å². The van der Waals surface area contributed by atoms with E-state index in [1.54, 1.807) is 23.3 Å². The summed E-state index contributed by atoms with van der Waals surface area (Å²) in [6, 6.07) is 11.6. The van der Waals surface area contributed by atoms with Gasteiger partial charge in [0, 0.05) is 44.0 Å². The average molecular weight is 496 g/mol. The number of halogens is 1. The number of anilines is 1. The highest BCUT2D eigenvalue weighted by Gasteiger charge is 2.30. The number of benzene rings is 1. The number of carbonyl (C=O) groups excluding carboxylic acids is 1. The third kappa shape index (κ3) is 4.92. The Morgan fingerprint density at radius 3 is 2.49 bits per heavy atom. The van der Waals surface area contributed by atoms with Gasteiger partial charge in [0.05, 0.1) is 5.70 Å². The third-order valence-corrected chi connectivity index (χ3v) is 7.22. The zero-order chi connectivity index (χ0) is 24.5. The Kier molecular flexibility index (Phi) is 6.53. The number of oxazole rings is 1. The molecular weight excluding hydrogens is 466 g/mol. The van der Waals surface area contributed by atoms with Crippen molar-refractivity contribution in [2.75, 3.05) is 31.1 Å². The van der Waals surface area contributed by atoms with Crippen LogP contribution in [0, 0.1) is 5.92 Å². The molecule has 0 spiro atoms. The maximum Gasteiger partial charge on any atom is 0.300 e.